The van der Waals surface area contributed by atoms with Gasteiger partial charge in [0.2, 0.25) is 0 Å². The molecule has 0 bridgehead atoms. The van der Waals surface area contributed by atoms with Crippen LogP contribution in [0.4, 0.5) is 5.69 Å². The second kappa shape index (κ2) is 5.92. The molecule has 0 N–H and O–H groups in total. The van der Waals surface area contributed by atoms with Crippen LogP contribution in [0.5, 0.6) is 0 Å². The van der Waals surface area contributed by atoms with Crippen LogP contribution in [0.3, 0.4) is 0 Å². The van der Waals surface area contributed by atoms with Gasteiger partial charge in [-0.1, -0.05) is 29.8 Å². The van der Waals surface area contributed by atoms with Gasteiger partial charge in [0.1, 0.15) is 0 Å². The largest absolute Gasteiger partial charge is 0.298 e. The van der Waals surface area contributed by atoms with Crippen LogP contribution < -0.4 is 0 Å². The van der Waals surface area contributed by atoms with Crippen LogP contribution in [-0.4, -0.2) is 25.1 Å². The molecule has 2 aromatic heterocycles. The van der Waals surface area contributed by atoms with Crippen molar-refractivity contribution in [2.24, 2.45) is 0 Å². The van der Waals surface area contributed by atoms with Gasteiger partial charge in [0, 0.05) is 34.2 Å². The molecule has 0 radical (unpaired) electrons. The van der Waals surface area contributed by atoms with Gasteiger partial charge in [-0.2, -0.15) is 5.10 Å². The summed E-state index contributed by atoms with van der Waals surface area (Å²) in [4.78, 5) is 20.6. The predicted molar refractivity (Wildman–Crippen MR) is 102 cm³/mol. The molecule has 1 aliphatic carbocycles. The summed E-state index contributed by atoms with van der Waals surface area (Å²) in [6.07, 6.45) is 5.38. The molecule has 7 nitrogen and oxygen atoms in total. The summed E-state index contributed by atoms with van der Waals surface area (Å²) in [5.41, 5.74) is 2.85. The van der Waals surface area contributed by atoms with Crippen molar-refractivity contribution >= 4 is 39.1 Å². The summed E-state index contributed by atoms with van der Waals surface area (Å²) >= 11 is 6.43. The van der Waals surface area contributed by atoms with Gasteiger partial charge in [0.05, 0.1) is 33.4 Å². The van der Waals surface area contributed by atoms with E-state index in [-0.39, 0.29) is 11.2 Å². The van der Waals surface area contributed by atoms with Gasteiger partial charge in [-0.3, -0.25) is 20.1 Å². The van der Waals surface area contributed by atoms with Crippen LogP contribution in [0.25, 0.3) is 33.1 Å². The van der Waals surface area contributed by atoms with Crippen LogP contribution in [0, 0.1) is 10.1 Å². The predicted octanol–water partition coefficient (Wildman–Crippen LogP) is 4.68. The topological polar surface area (TPSA) is 94.7 Å². The first kappa shape index (κ1) is 16.0. The van der Waals surface area contributed by atoms with E-state index < -0.39 is 4.92 Å². The number of halogens is 1. The van der Waals surface area contributed by atoms with Gasteiger partial charge >= 0.3 is 0 Å². The maximum atomic E-state index is 11.6. The van der Waals surface area contributed by atoms with E-state index in [1.165, 1.54) is 12.3 Å². The number of nitro benzene ring substituents is 1. The zero-order chi connectivity index (χ0) is 18.5. The fourth-order valence-corrected chi connectivity index (χ4v) is 3.51. The molecule has 1 fully saturated rings. The Morgan fingerprint density at radius 1 is 1.11 bits per heavy atom. The lowest BCUT2D eigenvalue weighted by Gasteiger charge is -2.05. The highest BCUT2D eigenvalue weighted by molar-refractivity contribution is 6.33. The molecule has 8 heteroatoms. The van der Waals surface area contributed by atoms with E-state index in [1.54, 1.807) is 12.3 Å². The Balaban J connectivity index is 1.98. The summed E-state index contributed by atoms with van der Waals surface area (Å²) < 4.78 is 0. The van der Waals surface area contributed by atoms with Gasteiger partial charge in [0.15, 0.2) is 5.52 Å². The third-order valence-electron chi connectivity index (χ3n) is 4.78. The summed E-state index contributed by atoms with van der Waals surface area (Å²) in [7, 11) is 0. The highest BCUT2D eigenvalue weighted by atomic mass is 35.5. The second-order valence-electron chi connectivity index (χ2n) is 6.55. The fraction of sp³-hybridized carbons (Fsp3) is 0.158. The van der Waals surface area contributed by atoms with E-state index in [2.05, 4.69) is 15.2 Å². The Labute approximate surface area is 158 Å². The zero-order valence-electron chi connectivity index (χ0n) is 14.0. The van der Waals surface area contributed by atoms with Gasteiger partial charge < -0.3 is 0 Å². The molecule has 2 heterocycles. The molecule has 1 saturated carbocycles. The minimum atomic E-state index is -0.457. The van der Waals surface area contributed by atoms with Crippen LogP contribution in [-0.2, 0) is 0 Å². The third-order valence-corrected chi connectivity index (χ3v) is 5.11. The number of benzene rings is 2. The monoisotopic (exact) mass is 377 g/mol. The standard InChI is InChI=1S/C19H12ClN5O2/c20-14-4-2-1-3-11(14)18-12-7-16(25(26)27)19-13(8-22-24-19)17(12)21-9-15(23-18)10-5-6-10/h1-4,7-10H,5-6H2. The Hall–Kier alpha value is -3.19. The van der Waals surface area contributed by atoms with Gasteiger partial charge in [-0.05, 0) is 18.9 Å². The number of hydrogen-bond donors (Lipinski definition) is 0. The van der Waals surface area contributed by atoms with E-state index in [0.717, 1.165) is 18.5 Å². The van der Waals surface area contributed by atoms with Gasteiger partial charge in [-0.15, -0.1) is 5.10 Å². The maximum absolute atomic E-state index is 11.6. The molecular formula is C19H12ClN5O2. The number of hydrogen-bond acceptors (Lipinski definition) is 6. The smallest absolute Gasteiger partial charge is 0.258 e. The van der Waals surface area contributed by atoms with Gasteiger partial charge in [-0.25, -0.2) is 0 Å². The van der Waals surface area contributed by atoms with Crippen LogP contribution in [0.2, 0.25) is 5.02 Å². The Bertz CT molecular complexity index is 1240. The Kier molecular flexibility index (Phi) is 3.51. The first-order chi connectivity index (χ1) is 13.1. The molecule has 1 aliphatic rings. The summed E-state index contributed by atoms with van der Waals surface area (Å²) in [5, 5.41) is 21.0. The average molecular weight is 378 g/mol. The number of nitrogens with zero attached hydrogens (tertiary/aromatic N) is 5. The normalized spacial score (nSPS) is 14.0. The average Bonchev–Trinajstić information content (AvgIpc) is 3.41. The molecule has 0 amide bonds. The highest BCUT2D eigenvalue weighted by Crippen LogP contribution is 2.42. The van der Waals surface area contributed by atoms with Crippen molar-refractivity contribution in [3.05, 3.63) is 63.6 Å². The molecule has 27 heavy (non-hydrogen) atoms. The van der Waals surface area contributed by atoms with Crippen molar-refractivity contribution in [2.45, 2.75) is 18.8 Å². The minimum absolute atomic E-state index is 0.119. The van der Waals surface area contributed by atoms with Crippen molar-refractivity contribution in [3.8, 4) is 11.3 Å². The van der Waals surface area contributed by atoms with E-state index in [0.29, 0.717) is 38.5 Å². The van der Waals surface area contributed by atoms with E-state index in [4.69, 9.17) is 16.6 Å². The molecular weight excluding hydrogens is 366 g/mol. The Morgan fingerprint density at radius 2 is 1.93 bits per heavy atom. The van der Waals surface area contributed by atoms with Crippen molar-refractivity contribution in [2.75, 3.05) is 0 Å². The molecule has 0 saturated heterocycles. The Morgan fingerprint density at radius 3 is 2.67 bits per heavy atom. The number of nitro groups is 1. The quantitative estimate of drug-likeness (QED) is 0.380. The summed E-state index contributed by atoms with van der Waals surface area (Å²) in [6, 6.07) is 8.81. The summed E-state index contributed by atoms with van der Waals surface area (Å²) in [6.45, 7) is 0. The molecule has 5 rings (SSSR count). The number of fused-ring (bicyclic) bond motifs is 3. The first-order valence-electron chi connectivity index (χ1n) is 8.48. The minimum Gasteiger partial charge on any atom is -0.258 e. The second-order valence-corrected chi connectivity index (χ2v) is 6.96. The van der Waals surface area contributed by atoms with E-state index >= 15 is 0 Å². The molecule has 0 aliphatic heterocycles. The number of rotatable bonds is 3. The first-order valence-corrected chi connectivity index (χ1v) is 8.85. The molecule has 132 valence electrons. The van der Waals surface area contributed by atoms with Crippen molar-refractivity contribution in [3.63, 3.8) is 0 Å². The zero-order valence-corrected chi connectivity index (χ0v) is 14.7. The fourth-order valence-electron chi connectivity index (χ4n) is 3.28. The van der Waals surface area contributed by atoms with Crippen LogP contribution >= 0.6 is 11.6 Å². The molecule has 4 aromatic rings. The lowest BCUT2D eigenvalue weighted by Crippen LogP contribution is -1.92. The van der Waals surface area contributed by atoms with E-state index in [1.807, 2.05) is 18.2 Å². The molecule has 0 atom stereocenters. The van der Waals surface area contributed by atoms with E-state index in [9.17, 15) is 10.1 Å². The maximum Gasteiger partial charge on any atom is 0.298 e. The summed E-state index contributed by atoms with van der Waals surface area (Å²) in [5.74, 6) is 0.363. The lowest BCUT2D eigenvalue weighted by atomic mass is 10.0. The van der Waals surface area contributed by atoms with Crippen LogP contribution in [0.1, 0.15) is 24.5 Å². The molecule has 0 unspecified atom stereocenters. The SMILES string of the molecule is O=[N+]([O-])c1cc2c(-c3ccccc3Cl)nc(C3CC3)cnc2c2cnnc12. The number of aromatic nitrogens is 4. The van der Waals surface area contributed by atoms with Crippen molar-refractivity contribution < 1.29 is 4.92 Å². The lowest BCUT2D eigenvalue weighted by molar-refractivity contribution is -0.383. The van der Waals surface area contributed by atoms with Gasteiger partial charge in [0.25, 0.3) is 5.69 Å². The molecule has 2 aromatic carbocycles. The van der Waals surface area contributed by atoms with Crippen molar-refractivity contribution in [1.29, 1.82) is 0 Å². The molecule has 0 spiro atoms. The number of non-ortho nitro benzene ring substituents is 1. The van der Waals surface area contributed by atoms with Crippen LogP contribution in [0.15, 0.2) is 42.7 Å². The van der Waals surface area contributed by atoms with Crippen molar-refractivity contribution in [1.82, 2.24) is 20.2 Å². The highest BCUT2D eigenvalue weighted by Gasteiger charge is 2.27. The third kappa shape index (κ3) is 2.59.